The van der Waals surface area contributed by atoms with Gasteiger partial charge >= 0.3 is 0 Å². The van der Waals surface area contributed by atoms with E-state index in [0.29, 0.717) is 0 Å². The van der Waals surface area contributed by atoms with Gasteiger partial charge in [-0.15, -0.1) is 11.3 Å². The van der Waals surface area contributed by atoms with Crippen LogP contribution in [0.15, 0.2) is 28.1 Å². The van der Waals surface area contributed by atoms with E-state index in [4.69, 9.17) is 5.73 Å². The highest BCUT2D eigenvalue weighted by Gasteiger charge is 2.15. The first-order chi connectivity index (χ1) is 8.35. The summed E-state index contributed by atoms with van der Waals surface area (Å²) in [7, 11) is 0. The maximum atomic E-state index is 6.03. The Bertz CT molecular complexity index is 555. The SMILES string of the molecule is Cc1ccc(Br)cc1-c1csc(CC(C)(C)N)n1. The van der Waals surface area contributed by atoms with Crippen LogP contribution in [0.5, 0.6) is 0 Å². The van der Waals surface area contributed by atoms with Gasteiger partial charge < -0.3 is 5.73 Å². The normalized spacial score (nSPS) is 11.8. The molecule has 0 radical (unpaired) electrons. The van der Waals surface area contributed by atoms with E-state index in [9.17, 15) is 0 Å². The Morgan fingerprint density at radius 1 is 1.39 bits per heavy atom. The highest BCUT2D eigenvalue weighted by Crippen LogP contribution is 2.28. The van der Waals surface area contributed by atoms with Crippen molar-refractivity contribution in [1.82, 2.24) is 4.98 Å². The minimum atomic E-state index is -0.207. The molecule has 2 aromatic rings. The van der Waals surface area contributed by atoms with E-state index in [1.807, 2.05) is 13.8 Å². The summed E-state index contributed by atoms with van der Waals surface area (Å²) in [5.74, 6) is 0. The molecule has 0 spiro atoms. The monoisotopic (exact) mass is 324 g/mol. The molecule has 0 unspecified atom stereocenters. The third kappa shape index (κ3) is 3.40. The number of hydrogen-bond acceptors (Lipinski definition) is 3. The molecular weight excluding hydrogens is 308 g/mol. The van der Waals surface area contributed by atoms with Gasteiger partial charge in [-0.05, 0) is 38.5 Å². The fraction of sp³-hybridized carbons (Fsp3) is 0.357. The number of nitrogens with zero attached hydrogens (tertiary/aromatic N) is 1. The van der Waals surface area contributed by atoms with Crippen LogP contribution in [0.4, 0.5) is 0 Å². The molecule has 0 saturated heterocycles. The molecule has 0 bridgehead atoms. The Labute approximate surface area is 120 Å². The average Bonchev–Trinajstić information content (AvgIpc) is 2.67. The molecule has 0 fully saturated rings. The molecule has 0 atom stereocenters. The van der Waals surface area contributed by atoms with Crippen molar-refractivity contribution < 1.29 is 0 Å². The van der Waals surface area contributed by atoms with Gasteiger partial charge in [-0.3, -0.25) is 0 Å². The summed E-state index contributed by atoms with van der Waals surface area (Å²) in [5.41, 5.74) is 9.28. The van der Waals surface area contributed by atoms with E-state index < -0.39 is 0 Å². The number of benzene rings is 1. The van der Waals surface area contributed by atoms with Crippen LogP contribution in [-0.4, -0.2) is 10.5 Å². The lowest BCUT2D eigenvalue weighted by Crippen LogP contribution is -2.34. The number of hydrogen-bond donors (Lipinski definition) is 1. The van der Waals surface area contributed by atoms with Crippen LogP contribution in [0.3, 0.4) is 0 Å². The smallest absolute Gasteiger partial charge is 0.0950 e. The molecule has 1 aromatic heterocycles. The van der Waals surface area contributed by atoms with Crippen molar-refractivity contribution in [2.24, 2.45) is 5.73 Å². The van der Waals surface area contributed by atoms with Crippen LogP contribution in [0.2, 0.25) is 0 Å². The number of rotatable bonds is 3. The number of thiazole rings is 1. The van der Waals surface area contributed by atoms with Crippen LogP contribution < -0.4 is 5.73 Å². The summed E-state index contributed by atoms with van der Waals surface area (Å²) in [4.78, 5) is 4.69. The molecule has 0 saturated carbocycles. The van der Waals surface area contributed by atoms with Gasteiger partial charge in [0.2, 0.25) is 0 Å². The van der Waals surface area contributed by atoms with Crippen molar-refractivity contribution in [3.8, 4) is 11.3 Å². The third-order valence-corrected chi connectivity index (χ3v) is 3.98. The van der Waals surface area contributed by atoms with Crippen molar-refractivity contribution in [2.45, 2.75) is 32.7 Å². The summed E-state index contributed by atoms with van der Waals surface area (Å²) < 4.78 is 1.08. The first kappa shape index (κ1) is 13.7. The molecule has 0 aliphatic heterocycles. The molecule has 1 heterocycles. The molecular formula is C14H17BrN2S. The average molecular weight is 325 g/mol. The topological polar surface area (TPSA) is 38.9 Å². The lowest BCUT2D eigenvalue weighted by atomic mass is 10.0. The Morgan fingerprint density at radius 3 is 2.78 bits per heavy atom. The molecule has 2 rings (SSSR count). The van der Waals surface area contributed by atoms with Crippen molar-refractivity contribution in [1.29, 1.82) is 0 Å². The number of nitrogens with two attached hydrogens (primary N) is 1. The van der Waals surface area contributed by atoms with Crippen molar-refractivity contribution in [3.63, 3.8) is 0 Å². The first-order valence-corrected chi connectivity index (χ1v) is 7.52. The molecule has 0 amide bonds. The largest absolute Gasteiger partial charge is 0.325 e. The molecule has 0 aliphatic carbocycles. The zero-order valence-electron chi connectivity index (χ0n) is 10.8. The van der Waals surface area contributed by atoms with Gasteiger partial charge in [0.15, 0.2) is 0 Å². The van der Waals surface area contributed by atoms with Crippen LogP contribution in [0, 0.1) is 6.92 Å². The fourth-order valence-electron chi connectivity index (χ4n) is 1.78. The van der Waals surface area contributed by atoms with Crippen LogP contribution >= 0.6 is 27.3 Å². The predicted molar refractivity (Wildman–Crippen MR) is 82.0 cm³/mol. The molecule has 2 nitrogen and oxygen atoms in total. The Balaban J connectivity index is 2.32. The molecule has 0 aliphatic rings. The van der Waals surface area contributed by atoms with Crippen molar-refractivity contribution in [3.05, 3.63) is 38.6 Å². The van der Waals surface area contributed by atoms with Gasteiger partial charge in [0.25, 0.3) is 0 Å². The van der Waals surface area contributed by atoms with Crippen LogP contribution in [0.25, 0.3) is 11.3 Å². The van der Waals surface area contributed by atoms with Crippen LogP contribution in [-0.2, 0) is 6.42 Å². The maximum Gasteiger partial charge on any atom is 0.0950 e. The second kappa shape index (κ2) is 5.11. The lowest BCUT2D eigenvalue weighted by Gasteiger charge is -2.15. The Hall–Kier alpha value is -0.710. The molecule has 18 heavy (non-hydrogen) atoms. The van der Waals surface area contributed by atoms with E-state index in [1.54, 1.807) is 11.3 Å². The van der Waals surface area contributed by atoms with Crippen molar-refractivity contribution in [2.75, 3.05) is 0 Å². The molecule has 1 aromatic carbocycles. The molecule has 4 heteroatoms. The summed E-state index contributed by atoms with van der Waals surface area (Å²) >= 11 is 5.18. The number of halogens is 1. The van der Waals surface area contributed by atoms with Gasteiger partial charge in [-0.1, -0.05) is 22.0 Å². The van der Waals surface area contributed by atoms with Gasteiger partial charge in [-0.25, -0.2) is 4.98 Å². The second-order valence-electron chi connectivity index (χ2n) is 5.25. The van der Waals surface area contributed by atoms with E-state index in [2.05, 4.69) is 51.4 Å². The van der Waals surface area contributed by atoms with E-state index in [0.717, 1.165) is 21.6 Å². The summed E-state index contributed by atoms with van der Waals surface area (Å²) in [6, 6.07) is 6.27. The summed E-state index contributed by atoms with van der Waals surface area (Å²) in [5, 5.41) is 3.20. The highest BCUT2D eigenvalue weighted by molar-refractivity contribution is 9.10. The quantitative estimate of drug-likeness (QED) is 0.920. The van der Waals surface area contributed by atoms with E-state index in [-0.39, 0.29) is 5.54 Å². The zero-order valence-corrected chi connectivity index (χ0v) is 13.2. The van der Waals surface area contributed by atoms with Gasteiger partial charge in [0.05, 0.1) is 10.7 Å². The van der Waals surface area contributed by atoms with E-state index in [1.165, 1.54) is 11.1 Å². The summed E-state index contributed by atoms with van der Waals surface area (Å²) in [6.07, 6.45) is 0.810. The first-order valence-electron chi connectivity index (χ1n) is 5.85. The van der Waals surface area contributed by atoms with E-state index >= 15 is 0 Å². The Morgan fingerprint density at radius 2 is 2.11 bits per heavy atom. The highest BCUT2D eigenvalue weighted by atomic mass is 79.9. The van der Waals surface area contributed by atoms with Gasteiger partial charge in [0, 0.05) is 27.4 Å². The predicted octanol–water partition coefficient (Wildman–Crippen LogP) is 4.16. The van der Waals surface area contributed by atoms with Gasteiger partial charge in [0.1, 0.15) is 0 Å². The lowest BCUT2D eigenvalue weighted by molar-refractivity contribution is 0.515. The van der Waals surface area contributed by atoms with Gasteiger partial charge in [-0.2, -0.15) is 0 Å². The minimum absolute atomic E-state index is 0.207. The Kier molecular flexibility index (Phi) is 3.90. The van der Waals surface area contributed by atoms with Crippen molar-refractivity contribution >= 4 is 27.3 Å². The standard InChI is InChI=1S/C14H17BrN2S/c1-9-4-5-10(15)6-11(9)12-8-18-13(17-12)7-14(2,3)16/h4-6,8H,7,16H2,1-3H3. The number of aromatic nitrogens is 1. The molecule has 2 N–H and O–H groups in total. The second-order valence-corrected chi connectivity index (χ2v) is 7.11. The zero-order chi connectivity index (χ0) is 13.3. The maximum absolute atomic E-state index is 6.03. The van der Waals surface area contributed by atoms with Crippen LogP contribution in [0.1, 0.15) is 24.4 Å². The molecule has 96 valence electrons. The third-order valence-electron chi connectivity index (χ3n) is 2.63. The fourth-order valence-corrected chi connectivity index (χ4v) is 3.17. The minimum Gasteiger partial charge on any atom is -0.325 e. The summed E-state index contributed by atoms with van der Waals surface area (Å²) in [6.45, 7) is 6.16. The number of aryl methyl sites for hydroxylation is 1.